The highest BCUT2D eigenvalue weighted by atomic mass is 16.5. The smallest absolute Gasteiger partial charge is 0.258 e. The minimum Gasteiger partial charge on any atom is -0.484 e. The van der Waals surface area contributed by atoms with Crippen molar-refractivity contribution in [2.45, 2.75) is 85.1 Å². The molecule has 146 valence electrons. The van der Waals surface area contributed by atoms with Crippen molar-refractivity contribution in [3.05, 3.63) is 29.8 Å². The normalized spacial score (nSPS) is 21.3. The number of hydrogen-bond donors (Lipinski definition) is 1. The summed E-state index contributed by atoms with van der Waals surface area (Å²) in [6.07, 6.45) is 5.64. The highest BCUT2D eigenvalue weighted by Gasteiger charge is 2.30. The highest BCUT2D eigenvalue weighted by Crippen LogP contribution is 2.37. The van der Waals surface area contributed by atoms with Crippen LogP contribution in [0.3, 0.4) is 0 Å². The first kappa shape index (κ1) is 20.8. The SMILES string of the molecule is CCC(C)(C)c1ccc(OCC(=O)NC2CCC(C(C)(C)C)CC2)cc1. The van der Waals surface area contributed by atoms with Crippen molar-refractivity contribution in [1.29, 1.82) is 0 Å². The van der Waals surface area contributed by atoms with Crippen molar-refractivity contribution in [2.75, 3.05) is 6.61 Å². The Labute approximate surface area is 159 Å². The Morgan fingerprint density at radius 1 is 1.04 bits per heavy atom. The maximum atomic E-state index is 12.2. The Morgan fingerprint density at radius 2 is 1.62 bits per heavy atom. The predicted molar refractivity (Wildman–Crippen MR) is 109 cm³/mol. The van der Waals surface area contributed by atoms with E-state index in [-0.39, 0.29) is 17.9 Å². The van der Waals surface area contributed by atoms with E-state index in [1.807, 2.05) is 12.1 Å². The first-order valence-electron chi connectivity index (χ1n) is 10.1. The summed E-state index contributed by atoms with van der Waals surface area (Å²) in [5, 5.41) is 3.14. The second-order valence-electron chi connectivity index (χ2n) is 9.53. The van der Waals surface area contributed by atoms with E-state index in [0.29, 0.717) is 11.5 Å². The lowest BCUT2D eigenvalue weighted by molar-refractivity contribution is -0.124. The van der Waals surface area contributed by atoms with Crippen LogP contribution >= 0.6 is 0 Å². The van der Waals surface area contributed by atoms with E-state index < -0.39 is 0 Å². The van der Waals surface area contributed by atoms with Crippen LogP contribution in [0.1, 0.15) is 79.2 Å². The second kappa shape index (κ2) is 8.45. The Hall–Kier alpha value is -1.51. The number of benzene rings is 1. The molecule has 1 aromatic carbocycles. The van der Waals surface area contributed by atoms with Crippen LogP contribution < -0.4 is 10.1 Å². The zero-order valence-electron chi connectivity index (χ0n) is 17.5. The lowest BCUT2D eigenvalue weighted by Crippen LogP contribution is -2.41. The van der Waals surface area contributed by atoms with Gasteiger partial charge < -0.3 is 10.1 Å². The molecule has 1 N–H and O–H groups in total. The van der Waals surface area contributed by atoms with Crippen molar-refractivity contribution in [2.24, 2.45) is 11.3 Å². The van der Waals surface area contributed by atoms with E-state index in [9.17, 15) is 4.79 Å². The topological polar surface area (TPSA) is 38.3 Å². The molecule has 0 spiro atoms. The van der Waals surface area contributed by atoms with Gasteiger partial charge in [-0.3, -0.25) is 4.79 Å². The average molecular weight is 360 g/mol. The van der Waals surface area contributed by atoms with E-state index in [1.165, 1.54) is 18.4 Å². The third kappa shape index (κ3) is 5.75. The minimum absolute atomic E-state index is 0.0119. The first-order valence-corrected chi connectivity index (χ1v) is 10.1. The maximum Gasteiger partial charge on any atom is 0.258 e. The maximum absolute atomic E-state index is 12.2. The van der Waals surface area contributed by atoms with E-state index in [1.54, 1.807) is 0 Å². The summed E-state index contributed by atoms with van der Waals surface area (Å²) < 4.78 is 5.67. The zero-order chi connectivity index (χ0) is 19.4. The monoisotopic (exact) mass is 359 g/mol. The summed E-state index contributed by atoms with van der Waals surface area (Å²) in [6.45, 7) is 13.7. The highest BCUT2D eigenvalue weighted by molar-refractivity contribution is 5.77. The van der Waals surface area contributed by atoms with Gasteiger partial charge in [0.1, 0.15) is 5.75 Å². The summed E-state index contributed by atoms with van der Waals surface area (Å²) in [5.41, 5.74) is 1.84. The molecule has 0 heterocycles. The molecule has 1 aliphatic rings. The van der Waals surface area contributed by atoms with Crippen molar-refractivity contribution in [3.63, 3.8) is 0 Å². The molecule has 0 bridgehead atoms. The van der Waals surface area contributed by atoms with Crippen LogP contribution in [0.25, 0.3) is 0 Å². The Bertz CT molecular complexity index is 575. The summed E-state index contributed by atoms with van der Waals surface area (Å²) in [5.74, 6) is 1.51. The molecule has 3 heteroatoms. The quantitative estimate of drug-likeness (QED) is 0.731. The fourth-order valence-electron chi connectivity index (χ4n) is 3.73. The first-order chi connectivity index (χ1) is 12.1. The van der Waals surface area contributed by atoms with Crippen LogP contribution in [0.5, 0.6) is 5.75 Å². The van der Waals surface area contributed by atoms with E-state index in [4.69, 9.17) is 4.74 Å². The summed E-state index contributed by atoms with van der Waals surface area (Å²) in [4.78, 5) is 12.2. The fourth-order valence-corrected chi connectivity index (χ4v) is 3.73. The fraction of sp³-hybridized carbons (Fsp3) is 0.696. The molecular formula is C23H37NO2. The summed E-state index contributed by atoms with van der Waals surface area (Å²) in [6, 6.07) is 8.44. The lowest BCUT2D eigenvalue weighted by atomic mass is 9.71. The van der Waals surface area contributed by atoms with Crippen molar-refractivity contribution in [3.8, 4) is 5.75 Å². The molecule has 0 radical (unpaired) electrons. The van der Waals surface area contributed by atoms with Crippen LogP contribution in [-0.2, 0) is 10.2 Å². The van der Waals surface area contributed by atoms with Gasteiger partial charge in [-0.25, -0.2) is 0 Å². The molecule has 0 saturated heterocycles. The van der Waals surface area contributed by atoms with Crippen LogP contribution in [0, 0.1) is 11.3 Å². The van der Waals surface area contributed by atoms with Gasteiger partial charge in [0.2, 0.25) is 0 Å². The van der Waals surface area contributed by atoms with Crippen molar-refractivity contribution >= 4 is 5.91 Å². The standard InChI is InChI=1S/C23H37NO2/c1-7-23(5,6)18-10-14-20(15-11-18)26-16-21(25)24-19-12-8-17(9-13-19)22(2,3)4/h10-11,14-15,17,19H,7-9,12-13,16H2,1-6H3,(H,24,25). The van der Waals surface area contributed by atoms with Gasteiger partial charge in [-0.1, -0.05) is 53.7 Å². The number of ether oxygens (including phenoxy) is 1. The molecular weight excluding hydrogens is 322 g/mol. The Balaban J connectivity index is 1.76. The van der Waals surface area contributed by atoms with Crippen molar-refractivity contribution in [1.82, 2.24) is 5.32 Å². The molecule has 1 fully saturated rings. The summed E-state index contributed by atoms with van der Waals surface area (Å²) in [7, 11) is 0. The van der Waals surface area contributed by atoms with Gasteiger partial charge >= 0.3 is 0 Å². The second-order valence-corrected chi connectivity index (χ2v) is 9.53. The molecule has 1 amide bonds. The molecule has 0 aromatic heterocycles. The number of hydrogen-bond acceptors (Lipinski definition) is 2. The van der Waals surface area contributed by atoms with Crippen LogP contribution in [0.4, 0.5) is 0 Å². The Morgan fingerprint density at radius 3 is 2.12 bits per heavy atom. The van der Waals surface area contributed by atoms with E-state index in [0.717, 1.165) is 30.9 Å². The molecule has 1 aliphatic carbocycles. The van der Waals surface area contributed by atoms with Gasteiger partial charge in [-0.15, -0.1) is 0 Å². The number of nitrogens with one attached hydrogen (secondary N) is 1. The van der Waals surface area contributed by atoms with E-state index in [2.05, 4.69) is 59.0 Å². The molecule has 2 rings (SSSR count). The predicted octanol–water partition coefficient (Wildman–Crippen LogP) is 5.47. The van der Waals surface area contributed by atoms with Gasteiger partial charge in [0.25, 0.3) is 5.91 Å². The van der Waals surface area contributed by atoms with Gasteiger partial charge in [-0.05, 0) is 66.5 Å². The van der Waals surface area contributed by atoms with Gasteiger partial charge in [0.05, 0.1) is 0 Å². The van der Waals surface area contributed by atoms with Crippen molar-refractivity contribution < 1.29 is 9.53 Å². The number of carbonyl (C=O) groups is 1. The molecule has 26 heavy (non-hydrogen) atoms. The largest absolute Gasteiger partial charge is 0.484 e. The van der Waals surface area contributed by atoms with E-state index >= 15 is 0 Å². The Kier molecular flexibility index (Phi) is 6.76. The van der Waals surface area contributed by atoms with Gasteiger partial charge in [0, 0.05) is 6.04 Å². The molecule has 1 aromatic rings. The minimum atomic E-state index is -0.0119. The number of amides is 1. The van der Waals surface area contributed by atoms with Crippen LogP contribution in [0.15, 0.2) is 24.3 Å². The molecule has 0 unspecified atom stereocenters. The molecule has 0 aliphatic heterocycles. The lowest BCUT2D eigenvalue weighted by Gasteiger charge is -2.37. The molecule has 3 nitrogen and oxygen atoms in total. The van der Waals surface area contributed by atoms with Crippen LogP contribution in [0.2, 0.25) is 0 Å². The van der Waals surface area contributed by atoms with Gasteiger partial charge in [-0.2, -0.15) is 0 Å². The molecule has 0 atom stereocenters. The van der Waals surface area contributed by atoms with Crippen LogP contribution in [-0.4, -0.2) is 18.6 Å². The third-order valence-corrected chi connectivity index (χ3v) is 6.21. The molecule has 1 saturated carbocycles. The third-order valence-electron chi connectivity index (χ3n) is 6.21. The summed E-state index contributed by atoms with van der Waals surface area (Å²) >= 11 is 0. The van der Waals surface area contributed by atoms with Gasteiger partial charge in [0.15, 0.2) is 6.61 Å². The average Bonchev–Trinajstić information content (AvgIpc) is 2.60. The number of carbonyl (C=O) groups excluding carboxylic acids is 1. The number of rotatable bonds is 6. The zero-order valence-corrected chi connectivity index (χ0v) is 17.5.